The Bertz CT molecular complexity index is 655. The van der Waals surface area contributed by atoms with Crippen LogP contribution in [0.4, 0.5) is 5.69 Å². The number of para-hydroxylation sites is 1. The number of hydrogen-bond donors (Lipinski definition) is 2. The molecule has 0 spiro atoms. The maximum absolute atomic E-state index is 12.1. The molecule has 1 amide bonds. The van der Waals surface area contributed by atoms with E-state index in [9.17, 15) is 4.79 Å². The monoisotopic (exact) mass is 339 g/mol. The summed E-state index contributed by atoms with van der Waals surface area (Å²) in [6.45, 7) is 9.95. The van der Waals surface area contributed by atoms with Crippen molar-refractivity contribution in [3.63, 3.8) is 0 Å². The van der Waals surface area contributed by atoms with E-state index >= 15 is 0 Å². The van der Waals surface area contributed by atoms with Crippen LogP contribution in [0.5, 0.6) is 0 Å². The van der Waals surface area contributed by atoms with Gasteiger partial charge in [-0.1, -0.05) is 52.0 Å². The SMILES string of the molecule is CC(C)c1cccc(C(C)C)c1NCCC(=O)NCc1cccnc1. The Labute approximate surface area is 151 Å². The second-order valence-corrected chi connectivity index (χ2v) is 6.94. The van der Waals surface area contributed by atoms with Gasteiger partial charge in [0.25, 0.3) is 0 Å². The van der Waals surface area contributed by atoms with Crippen LogP contribution >= 0.6 is 0 Å². The Morgan fingerprint density at radius 1 is 1.04 bits per heavy atom. The Kier molecular flexibility index (Phi) is 6.99. The molecule has 0 unspecified atom stereocenters. The summed E-state index contributed by atoms with van der Waals surface area (Å²) in [4.78, 5) is 16.1. The van der Waals surface area contributed by atoms with E-state index in [2.05, 4.69) is 61.5 Å². The summed E-state index contributed by atoms with van der Waals surface area (Å²) in [5.41, 5.74) is 4.81. The van der Waals surface area contributed by atoms with Crippen LogP contribution < -0.4 is 10.6 Å². The number of aromatic nitrogens is 1. The van der Waals surface area contributed by atoms with Crippen LogP contribution in [0.2, 0.25) is 0 Å². The standard InChI is InChI=1S/C21H29N3O/c1-15(2)18-8-5-9-19(16(3)4)21(18)23-12-10-20(25)24-14-17-7-6-11-22-13-17/h5-9,11,13,15-16,23H,10,12,14H2,1-4H3,(H,24,25). The van der Waals surface area contributed by atoms with Gasteiger partial charge in [-0.2, -0.15) is 0 Å². The van der Waals surface area contributed by atoms with Crippen LogP contribution in [0.15, 0.2) is 42.7 Å². The van der Waals surface area contributed by atoms with Gasteiger partial charge in [0.1, 0.15) is 0 Å². The highest BCUT2D eigenvalue weighted by molar-refractivity contribution is 5.76. The molecule has 1 aromatic heterocycles. The highest BCUT2D eigenvalue weighted by Crippen LogP contribution is 2.32. The second-order valence-electron chi connectivity index (χ2n) is 6.94. The highest BCUT2D eigenvalue weighted by atomic mass is 16.1. The van der Waals surface area contributed by atoms with Crippen molar-refractivity contribution < 1.29 is 4.79 Å². The first kappa shape index (κ1) is 19.0. The molecule has 4 nitrogen and oxygen atoms in total. The van der Waals surface area contributed by atoms with Gasteiger partial charge >= 0.3 is 0 Å². The highest BCUT2D eigenvalue weighted by Gasteiger charge is 2.13. The topological polar surface area (TPSA) is 54.0 Å². The summed E-state index contributed by atoms with van der Waals surface area (Å²) in [6, 6.07) is 10.3. The maximum Gasteiger partial charge on any atom is 0.222 e. The van der Waals surface area contributed by atoms with Crippen molar-refractivity contribution in [3.8, 4) is 0 Å². The van der Waals surface area contributed by atoms with Crippen molar-refractivity contribution in [2.45, 2.75) is 52.5 Å². The number of nitrogens with zero attached hydrogens (tertiary/aromatic N) is 1. The summed E-state index contributed by atoms with van der Waals surface area (Å²) >= 11 is 0. The normalized spacial score (nSPS) is 11.0. The van der Waals surface area contributed by atoms with Gasteiger partial charge < -0.3 is 10.6 Å². The van der Waals surface area contributed by atoms with E-state index in [0.717, 1.165) is 5.56 Å². The van der Waals surface area contributed by atoms with E-state index < -0.39 is 0 Å². The van der Waals surface area contributed by atoms with Crippen LogP contribution in [-0.2, 0) is 11.3 Å². The third-order valence-electron chi connectivity index (χ3n) is 4.24. The summed E-state index contributed by atoms with van der Waals surface area (Å²) in [5.74, 6) is 0.936. The number of amides is 1. The van der Waals surface area contributed by atoms with Crippen molar-refractivity contribution >= 4 is 11.6 Å². The molecule has 0 atom stereocenters. The number of carbonyl (C=O) groups excluding carboxylic acids is 1. The van der Waals surface area contributed by atoms with Gasteiger partial charge in [0.05, 0.1) is 0 Å². The number of nitrogens with one attached hydrogen (secondary N) is 2. The van der Waals surface area contributed by atoms with E-state index in [1.54, 1.807) is 12.4 Å². The fourth-order valence-electron chi connectivity index (χ4n) is 2.85. The Morgan fingerprint density at radius 3 is 2.28 bits per heavy atom. The fraction of sp³-hybridized carbons (Fsp3) is 0.429. The quantitative estimate of drug-likeness (QED) is 0.747. The lowest BCUT2D eigenvalue weighted by Gasteiger charge is -2.20. The Morgan fingerprint density at radius 2 is 1.72 bits per heavy atom. The molecule has 0 saturated carbocycles. The number of anilines is 1. The third-order valence-corrected chi connectivity index (χ3v) is 4.24. The molecule has 1 aromatic carbocycles. The number of hydrogen-bond acceptors (Lipinski definition) is 3. The molecule has 2 rings (SSSR count). The fourth-order valence-corrected chi connectivity index (χ4v) is 2.85. The van der Waals surface area contributed by atoms with Crippen molar-refractivity contribution in [2.75, 3.05) is 11.9 Å². The molecule has 0 aliphatic carbocycles. The van der Waals surface area contributed by atoms with Gasteiger partial charge in [-0.15, -0.1) is 0 Å². The molecule has 0 saturated heterocycles. The molecule has 0 fully saturated rings. The van der Waals surface area contributed by atoms with Crippen LogP contribution in [0.3, 0.4) is 0 Å². The lowest BCUT2D eigenvalue weighted by molar-refractivity contribution is -0.121. The maximum atomic E-state index is 12.1. The van der Waals surface area contributed by atoms with Crippen LogP contribution in [-0.4, -0.2) is 17.4 Å². The van der Waals surface area contributed by atoms with Crippen LogP contribution in [0.25, 0.3) is 0 Å². The van der Waals surface area contributed by atoms with Gasteiger partial charge in [0.2, 0.25) is 5.91 Å². The molecule has 25 heavy (non-hydrogen) atoms. The van der Waals surface area contributed by atoms with Crippen molar-refractivity contribution in [2.24, 2.45) is 0 Å². The minimum absolute atomic E-state index is 0.0458. The molecule has 2 aromatic rings. The second kappa shape index (κ2) is 9.21. The molecule has 4 heteroatoms. The van der Waals surface area contributed by atoms with E-state index in [-0.39, 0.29) is 5.91 Å². The molecule has 2 N–H and O–H groups in total. The van der Waals surface area contributed by atoms with E-state index in [1.807, 2.05) is 12.1 Å². The Balaban J connectivity index is 1.91. The zero-order chi connectivity index (χ0) is 18.2. The van der Waals surface area contributed by atoms with Gasteiger partial charge in [0, 0.05) is 37.6 Å². The average molecular weight is 339 g/mol. The third kappa shape index (κ3) is 5.59. The lowest BCUT2D eigenvalue weighted by Crippen LogP contribution is -2.25. The van der Waals surface area contributed by atoms with Gasteiger partial charge in [0.15, 0.2) is 0 Å². The minimum atomic E-state index is 0.0458. The number of benzene rings is 1. The van der Waals surface area contributed by atoms with Crippen LogP contribution in [0.1, 0.15) is 62.6 Å². The molecule has 0 radical (unpaired) electrons. The molecule has 1 heterocycles. The molecule has 0 aliphatic heterocycles. The zero-order valence-corrected chi connectivity index (χ0v) is 15.7. The van der Waals surface area contributed by atoms with E-state index in [0.29, 0.717) is 31.3 Å². The lowest BCUT2D eigenvalue weighted by atomic mass is 9.92. The smallest absolute Gasteiger partial charge is 0.222 e. The predicted octanol–water partition coefficient (Wildman–Crippen LogP) is 4.45. The number of pyridine rings is 1. The molecular weight excluding hydrogens is 310 g/mol. The van der Waals surface area contributed by atoms with Gasteiger partial charge in [-0.05, 0) is 34.6 Å². The Hall–Kier alpha value is -2.36. The first-order valence-electron chi connectivity index (χ1n) is 9.01. The minimum Gasteiger partial charge on any atom is -0.384 e. The average Bonchev–Trinajstić information content (AvgIpc) is 2.60. The summed E-state index contributed by atoms with van der Waals surface area (Å²) in [6.07, 6.45) is 3.95. The largest absolute Gasteiger partial charge is 0.384 e. The van der Waals surface area contributed by atoms with Crippen LogP contribution in [0, 0.1) is 0 Å². The van der Waals surface area contributed by atoms with Crippen molar-refractivity contribution in [3.05, 3.63) is 59.4 Å². The molecule has 134 valence electrons. The van der Waals surface area contributed by atoms with Crippen molar-refractivity contribution in [1.82, 2.24) is 10.3 Å². The zero-order valence-electron chi connectivity index (χ0n) is 15.7. The summed E-state index contributed by atoms with van der Waals surface area (Å²) in [5, 5.41) is 6.44. The molecule has 0 aliphatic rings. The summed E-state index contributed by atoms with van der Waals surface area (Å²) < 4.78 is 0. The van der Waals surface area contributed by atoms with Gasteiger partial charge in [-0.25, -0.2) is 0 Å². The van der Waals surface area contributed by atoms with Gasteiger partial charge in [-0.3, -0.25) is 9.78 Å². The predicted molar refractivity (Wildman–Crippen MR) is 104 cm³/mol. The number of carbonyl (C=O) groups is 1. The first-order chi connectivity index (χ1) is 12.0. The van der Waals surface area contributed by atoms with E-state index in [1.165, 1.54) is 16.8 Å². The first-order valence-corrected chi connectivity index (χ1v) is 9.01. The van der Waals surface area contributed by atoms with Crippen molar-refractivity contribution in [1.29, 1.82) is 0 Å². The molecule has 0 bridgehead atoms. The summed E-state index contributed by atoms with van der Waals surface area (Å²) in [7, 11) is 0. The molecular formula is C21H29N3O. The number of rotatable bonds is 8. The van der Waals surface area contributed by atoms with E-state index in [4.69, 9.17) is 0 Å².